The Kier molecular flexibility index (Phi) is 3.61. The second-order valence-corrected chi connectivity index (χ2v) is 3.69. The Hall–Kier alpha value is -1.64. The lowest BCUT2D eigenvalue weighted by Gasteiger charge is -2.12. The Balaban J connectivity index is 2.83. The first-order valence-electron chi connectivity index (χ1n) is 4.84. The van der Waals surface area contributed by atoms with Gasteiger partial charge in [0.2, 0.25) is 0 Å². The lowest BCUT2D eigenvalue weighted by Crippen LogP contribution is -2.09. The molecule has 0 amide bonds. The van der Waals surface area contributed by atoms with Gasteiger partial charge in [-0.05, 0) is 30.0 Å². The summed E-state index contributed by atoms with van der Waals surface area (Å²) in [5, 5.41) is 9.41. The third-order valence-corrected chi connectivity index (χ3v) is 2.42. The quantitative estimate of drug-likeness (QED) is 0.794. The van der Waals surface area contributed by atoms with Crippen molar-refractivity contribution in [3.8, 4) is 11.5 Å². The molecular weight excluding hydrogens is 190 g/mol. The normalized spacial score (nSPS) is 12.1. The van der Waals surface area contributed by atoms with Crippen LogP contribution in [0.4, 0.5) is 0 Å². The number of hydrogen-bond acceptors (Lipinski definition) is 3. The zero-order valence-electron chi connectivity index (χ0n) is 9.16. The highest BCUT2D eigenvalue weighted by Crippen LogP contribution is 2.27. The van der Waals surface area contributed by atoms with Crippen LogP contribution in [-0.2, 0) is 6.42 Å². The van der Waals surface area contributed by atoms with E-state index in [1.807, 2.05) is 19.1 Å². The van der Waals surface area contributed by atoms with Crippen LogP contribution in [0, 0.1) is 5.92 Å². The van der Waals surface area contributed by atoms with Crippen LogP contribution in [0.15, 0.2) is 30.5 Å². The van der Waals surface area contributed by atoms with E-state index in [1.54, 1.807) is 6.07 Å². The van der Waals surface area contributed by atoms with Gasteiger partial charge in [-0.25, -0.2) is 0 Å². The number of phenols is 1. The molecule has 1 atom stereocenters. The number of allylic oxidation sites excluding steroid dienone is 1. The number of aromatic hydroxyl groups is 1. The Bertz CT molecular complexity index is 361. The molecule has 1 aromatic rings. The number of benzene rings is 1. The van der Waals surface area contributed by atoms with Crippen molar-refractivity contribution in [3.63, 3.8) is 0 Å². The molecule has 0 heterocycles. The molecule has 1 aromatic carbocycles. The lowest BCUT2D eigenvalue weighted by molar-refractivity contribution is 0.372. The fourth-order valence-corrected chi connectivity index (χ4v) is 1.33. The molecule has 0 radical (unpaired) electrons. The van der Waals surface area contributed by atoms with Crippen molar-refractivity contribution < 1.29 is 9.84 Å². The molecule has 3 nitrogen and oxygen atoms in total. The Morgan fingerprint density at radius 2 is 2.27 bits per heavy atom. The summed E-state index contributed by atoms with van der Waals surface area (Å²) in [6.07, 6.45) is 0.798. The van der Waals surface area contributed by atoms with Gasteiger partial charge in [-0.3, -0.25) is 0 Å². The molecule has 82 valence electrons. The maximum atomic E-state index is 9.41. The number of hydrogen-bond donors (Lipinski definition) is 2. The van der Waals surface area contributed by atoms with E-state index in [9.17, 15) is 5.11 Å². The number of rotatable bonds is 4. The topological polar surface area (TPSA) is 55.5 Å². The molecule has 3 N–H and O–H groups in total. The standard InChI is InChI=1S/C12H17NO2/c1-8(9(2)13)6-10-4-5-11(14)12(7-10)15-3/h4-5,7-8,14H,2,6,13H2,1,3H3. The predicted molar refractivity (Wildman–Crippen MR) is 60.9 cm³/mol. The van der Waals surface area contributed by atoms with Gasteiger partial charge in [0.15, 0.2) is 11.5 Å². The first-order valence-corrected chi connectivity index (χ1v) is 4.84. The van der Waals surface area contributed by atoms with Gasteiger partial charge >= 0.3 is 0 Å². The zero-order chi connectivity index (χ0) is 11.4. The molecule has 0 bridgehead atoms. The second kappa shape index (κ2) is 4.73. The molecule has 0 aliphatic rings. The molecule has 0 saturated heterocycles. The van der Waals surface area contributed by atoms with Crippen LogP contribution in [0.3, 0.4) is 0 Å². The summed E-state index contributed by atoms with van der Waals surface area (Å²) in [5.41, 5.74) is 7.35. The van der Waals surface area contributed by atoms with E-state index in [0.29, 0.717) is 11.4 Å². The van der Waals surface area contributed by atoms with Crippen LogP contribution >= 0.6 is 0 Å². The van der Waals surface area contributed by atoms with Crippen molar-refractivity contribution in [1.82, 2.24) is 0 Å². The van der Waals surface area contributed by atoms with E-state index in [0.717, 1.165) is 12.0 Å². The van der Waals surface area contributed by atoms with Crippen molar-refractivity contribution >= 4 is 0 Å². The maximum absolute atomic E-state index is 9.41. The highest BCUT2D eigenvalue weighted by molar-refractivity contribution is 5.41. The van der Waals surface area contributed by atoms with Crippen molar-refractivity contribution in [3.05, 3.63) is 36.0 Å². The molecule has 0 aliphatic heterocycles. The minimum absolute atomic E-state index is 0.153. The smallest absolute Gasteiger partial charge is 0.160 e. The highest BCUT2D eigenvalue weighted by atomic mass is 16.5. The maximum Gasteiger partial charge on any atom is 0.160 e. The van der Waals surface area contributed by atoms with Gasteiger partial charge in [-0.15, -0.1) is 0 Å². The van der Waals surface area contributed by atoms with E-state index < -0.39 is 0 Å². The summed E-state index contributed by atoms with van der Waals surface area (Å²) in [6.45, 7) is 5.72. The van der Waals surface area contributed by atoms with Crippen LogP contribution in [0.2, 0.25) is 0 Å². The van der Waals surface area contributed by atoms with Gasteiger partial charge in [0.1, 0.15) is 0 Å². The average Bonchev–Trinajstić information content (AvgIpc) is 2.20. The number of nitrogens with two attached hydrogens (primary N) is 1. The summed E-state index contributed by atoms with van der Waals surface area (Å²) in [6, 6.07) is 5.30. The Morgan fingerprint density at radius 3 is 2.80 bits per heavy atom. The van der Waals surface area contributed by atoms with E-state index in [2.05, 4.69) is 6.58 Å². The first-order chi connectivity index (χ1) is 7.04. The van der Waals surface area contributed by atoms with Gasteiger partial charge < -0.3 is 15.6 Å². The summed E-state index contributed by atoms with van der Waals surface area (Å²) >= 11 is 0. The number of ether oxygens (including phenoxy) is 1. The SMILES string of the molecule is C=C(N)C(C)Cc1ccc(O)c(OC)c1. The average molecular weight is 207 g/mol. The Labute approximate surface area is 90.2 Å². The van der Waals surface area contributed by atoms with Crippen LogP contribution in [0.1, 0.15) is 12.5 Å². The van der Waals surface area contributed by atoms with Crippen molar-refractivity contribution in [2.75, 3.05) is 7.11 Å². The minimum Gasteiger partial charge on any atom is -0.504 e. The lowest BCUT2D eigenvalue weighted by atomic mass is 9.99. The summed E-state index contributed by atoms with van der Waals surface area (Å²) in [7, 11) is 1.53. The second-order valence-electron chi connectivity index (χ2n) is 3.69. The fraction of sp³-hybridized carbons (Fsp3) is 0.333. The number of phenolic OH excluding ortho intramolecular Hbond substituents is 1. The molecule has 0 fully saturated rings. The molecule has 3 heteroatoms. The van der Waals surface area contributed by atoms with Crippen molar-refractivity contribution in [2.45, 2.75) is 13.3 Å². The molecule has 15 heavy (non-hydrogen) atoms. The molecule has 0 aromatic heterocycles. The highest BCUT2D eigenvalue weighted by Gasteiger charge is 2.07. The predicted octanol–water partition coefficient (Wildman–Crippen LogP) is 2.05. The third kappa shape index (κ3) is 2.91. The minimum atomic E-state index is 0.153. The van der Waals surface area contributed by atoms with E-state index in [1.165, 1.54) is 7.11 Å². The summed E-state index contributed by atoms with van der Waals surface area (Å²) < 4.78 is 5.02. The molecular formula is C12H17NO2. The third-order valence-electron chi connectivity index (χ3n) is 2.42. The van der Waals surface area contributed by atoms with Gasteiger partial charge in [0.25, 0.3) is 0 Å². The fourth-order valence-electron chi connectivity index (χ4n) is 1.33. The van der Waals surface area contributed by atoms with Crippen LogP contribution in [0.5, 0.6) is 11.5 Å². The molecule has 0 aliphatic carbocycles. The zero-order valence-corrected chi connectivity index (χ0v) is 9.16. The summed E-state index contributed by atoms with van der Waals surface area (Å²) in [4.78, 5) is 0. The van der Waals surface area contributed by atoms with Gasteiger partial charge in [0, 0.05) is 5.70 Å². The molecule has 1 rings (SSSR count). The monoisotopic (exact) mass is 207 g/mol. The van der Waals surface area contributed by atoms with E-state index in [4.69, 9.17) is 10.5 Å². The van der Waals surface area contributed by atoms with Crippen LogP contribution < -0.4 is 10.5 Å². The van der Waals surface area contributed by atoms with E-state index >= 15 is 0 Å². The van der Waals surface area contributed by atoms with Crippen molar-refractivity contribution in [1.29, 1.82) is 0 Å². The summed E-state index contributed by atoms with van der Waals surface area (Å²) in [5.74, 6) is 0.863. The largest absolute Gasteiger partial charge is 0.504 e. The van der Waals surface area contributed by atoms with Crippen LogP contribution in [-0.4, -0.2) is 12.2 Å². The van der Waals surface area contributed by atoms with Gasteiger partial charge in [0.05, 0.1) is 7.11 Å². The first kappa shape index (κ1) is 11.4. The number of methoxy groups -OCH3 is 1. The molecule has 1 unspecified atom stereocenters. The van der Waals surface area contributed by atoms with Gasteiger partial charge in [-0.1, -0.05) is 19.6 Å². The van der Waals surface area contributed by atoms with Crippen molar-refractivity contribution in [2.24, 2.45) is 11.7 Å². The molecule has 0 saturated carbocycles. The van der Waals surface area contributed by atoms with Crippen LogP contribution in [0.25, 0.3) is 0 Å². The molecule has 0 spiro atoms. The Morgan fingerprint density at radius 1 is 1.60 bits per heavy atom. The van der Waals surface area contributed by atoms with Gasteiger partial charge in [-0.2, -0.15) is 0 Å². The van der Waals surface area contributed by atoms with E-state index in [-0.39, 0.29) is 11.7 Å².